The average molecular weight is 394 g/mol. The van der Waals surface area contributed by atoms with E-state index in [4.69, 9.17) is 4.74 Å². The van der Waals surface area contributed by atoms with Gasteiger partial charge in [0.2, 0.25) is 0 Å². The van der Waals surface area contributed by atoms with Crippen molar-refractivity contribution in [3.63, 3.8) is 0 Å². The zero-order chi connectivity index (χ0) is 19.5. The first-order chi connectivity index (χ1) is 13.7. The van der Waals surface area contributed by atoms with Crippen LogP contribution in [0.3, 0.4) is 0 Å². The third-order valence-electron chi connectivity index (χ3n) is 4.91. The summed E-state index contributed by atoms with van der Waals surface area (Å²) in [6.45, 7) is 2.11. The highest BCUT2D eigenvalue weighted by molar-refractivity contribution is 7.17. The number of fused-ring (bicyclic) bond motifs is 1. The van der Waals surface area contributed by atoms with E-state index in [1.165, 1.54) is 16.2 Å². The largest absolute Gasteiger partial charge is 0.462 e. The minimum absolute atomic E-state index is 0.219. The molecule has 1 aliphatic carbocycles. The first kappa shape index (κ1) is 18.5. The number of anilines is 1. The van der Waals surface area contributed by atoms with Gasteiger partial charge in [-0.25, -0.2) is 4.79 Å². The maximum atomic E-state index is 12.8. The van der Waals surface area contributed by atoms with Crippen LogP contribution in [0.1, 0.15) is 50.9 Å². The molecule has 0 saturated heterocycles. The van der Waals surface area contributed by atoms with Crippen LogP contribution in [0.25, 0.3) is 5.69 Å². The molecule has 1 amide bonds. The predicted octanol–water partition coefficient (Wildman–Crippen LogP) is 4.85. The maximum absolute atomic E-state index is 12.8. The molecule has 2 aromatic heterocycles. The number of esters is 1. The van der Waals surface area contributed by atoms with E-state index in [1.807, 2.05) is 41.2 Å². The second kappa shape index (κ2) is 8.02. The van der Waals surface area contributed by atoms with E-state index in [0.717, 1.165) is 36.9 Å². The number of benzene rings is 1. The van der Waals surface area contributed by atoms with Crippen LogP contribution in [0.15, 0.2) is 48.8 Å². The van der Waals surface area contributed by atoms with Crippen molar-refractivity contribution in [1.29, 1.82) is 0 Å². The predicted molar refractivity (Wildman–Crippen MR) is 111 cm³/mol. The molecule has 6 heteroatoms. The van der Waals surface area contributed by atoms with Crippen molar-refractivity contribution in [2.75, 3.05) is 11.9 Å². The molecule has 28 heavy (non-hydrogen) atoms. The summed E-state index contributed by atoms with van der Waals surface area (Å²) in [4.78, 5) is 26.5. The van der Waals surface area contributed by atoms with E-state index >= 15 is 0 Å². The van der Waals surface area contributed by atoms with Gasteiger partial charge in [0.1, 0.15) is 5.00 Å². The zero-order valence-corrected chi connectivity index (χ0v) is 16.6. The molecule has 0 aliphatic heterocycles. The molecule has 144 valence electrons. The van der Waals surface area contributed by atoms with Gasteiger partial charge in [0, 0.05) is 28.5 Å². The summed E-state index contributed by atoms with van der Waals surface area (Å²) < 4.78 is 7.23. The van der Waals surface area contributed by atoms with Gasteiger partial charge in [-0.2, -0.15) is 0 Å². The molecule has 3 aromatic rings. The number of nitrogens with zero attached hydrogens (tertiary/aromatic N) is 1. The summed E-state index contributed by atoms with van der Waals surface area (Å²) in [6.07, 6.45) is 7.90. The van der Waals surface area contributed by atoms with Crippen LogP contribution in [0.2, 0.25) is 0 Å². The van der Waals surface area contributed by atoms with Gasteiger partial charge < -0.3 is 14.6 Å². The third kappa shape index (κ3) is 3.60. The highest BCUT2D eigenvalue weighted by atomic mass is 32.1. The molecule has 0 fully saturated rings. The Morgan fingerprint density at radius 3 is 2.54 bits per heavy atom. The van der Waals surface area contributed by atoms with Crippen molar-refractivity contribution in [3.8, 4) is 5.69 Å². The number of aromatic nitrogens is 1. The summed E-state index contributed by atoms with van der Waals surface area (Å²) in [5, 5.41) is 3.55. The summed E-state index contributed by atoms with van der Waals surface area (Å²) >= 11 is 1.50. The minimum Gasteiger partial charge on any atom is -0.462 e. The second-order valence-electron chi connectivity index (χ2n) is 6.73. The maximum Gasteiger partial charge on any atom is 0.341 e. The summed E-state index contributed by atoms with van der Waals surface area (Å²) in [5.74, 6) is -0.566. The van der Waals surface area contributed by atoms with Crippen LogP contribution < -0.4 is 5.32 Å². The van der Waals surface area contributed by atoms with Crippen LogP contribution in [0.4, 0.5) is 5.00 Å². The van der Waals surface area contributed by atoms with Gasteiger partial charge in [-0.1, -0.05) is 0 Å². The number of nitrogens with one attached hydrogen (secondary N) is 1. The zero-order valence-electron chi connectivity index (χ0n) is 15.7. The third-order valence-corrected chi connectivity index (χ3v) is 6.12. The topological polar surface area (TPSA) is 60.3 Å². The van der Waals surface area contributed by atoms with Gasteiger partial charge in [-0.05, 0) is 74.6 Å². The second-order valence-corrected chi connectivity index (χ2v) is 7.83. The molecular formula is C22H22N2O3S. The fourth-order valence-electron chi connectivity index (χ4n) is 3.54. The van der Waals surface area contributed by atoms with E-state index in [9.17, 15) is 9.59 Å². The minimum atomic E-state index is -0.347. The van der Waals surface area contributed by atoms with Crippen LogP contribution >= 0.6 is 11.3 Å². The summed E-state index contributed by atoms with van der Waals surface area (Å²) in [7, 11) is 0. The van der Waals surface area contributed by atoms with Gasteiger partial charge in [0.25, 0.3) is 5.91 Å². The summed E-state index contributed by atoms with van der Waals surface area (Å²) in [6, 6.07) is 11.3. The Balaban J connectivity index is 1.59. The molecule has 0 bridgehead atoms. The number of carbonyl (C=O) groups excluding carboxylic acids is 2. The molecule has 1 N–H and O–H groups in total. The molecule has 2 heterocycles. The van der Waals surface area contributed by atoms with Crippen molar-refractivity contribution in [2.45, 2.75) is 32.6 Å². The number of rotatable bonds is 5. The molecule has 0 spiro atoms. The average Bonchev–Trinajstić information content (AvgIpc) is 3.36. The van der Waals surface area contributed by atoms with E-state index in [0.29, 0.717) is 22.7 Å². The smallest absolute Gasteiger partial charge is 0.341 e. The number of carbonyl (C=O) groups is 2. The summed E-state index contributed by atoms with van der Waals surface area (Å²) in [5.41, 5.74) is 3.13. The van der Waals surface area contributed by atoms with E-state index < -0.39 is 0 Å². The SMILES string of the molecule is CCOC(=O)c1c(NC(=O)c2ccc(-n3cccc3)cc2)sc2c1CCCC2. The number of ether oxygens (including phenoxy) is 1. The fourth-order valence-corrected chi connectivity index (χ4v) is 4.81. The molecular weight excluding hydrogens is 372 g/mol. The van der Waals surface area contributed by atoms with Crippen molar-refractivity contribution in [3.05, 3.63) is 70.4 Å². The Morgan fingerprint density at radius 1 is 1.11 bits per heavy atom. The number of hydrogen-bond donors (Lipinski definition) is 1. The standard InChI is InChI=1S/C22H22N2O3S/c1-2-27-22(26)19-17-7-3-4-8-18(17)28-21(19)23-20(25)15-9-11-16(12-10-15)24-13-5-6-14-24/h5-6,9-14H,2-4,7-8H2,1H3,(H,23,25). The van der Waals surface area contributed by atoms with E-state index in [2.05, 4.69) is 5.32 Å². The number of aryl methyl sites for hydroxylation is 1. The normalized spacial score (nSPS) is 13.0. The van der Waals surface area contributed by atoms with Crippen molar-refractivity contribution in [1.82, 2.24) is 4.57 Å². The molecule has 0 saturated carbocycles. The monoisotopic (exact) mass is 394 g/mol. The first-order valence-electron chi connectivity index (χ1n) is 9.53. The van der Waals surface area contributed by atoms with Crippen molar-refractivity contribution >= 4 is 28.2 Å². The molecule has 0 unspecified atom stereocenters. The van der Waals surface area contributed by atoms with Crippen LogP contribution in [0.5, 0.6) is 0 Å². The Hall–Kier alpha value is -2.86. The molecule has 1 aromatic carbocycles. The van der Waals surface area contributed by atoms with Gasteiger partial charge in [0.15, 0.2) is 0 Å². The Kier molecular flexibility index (Phi) is 5.30. The highest BCUT2D eigenvalue weighted by Gasteiger charge is 2.27. The first-order valence-corrected chi connectivity index (χ1v) is 10.4. The van der Waals surface area contributed by atoms with Crippen molar-refractivity contribution in [2.24, 2.45) is 0 Å². The molecule has 1 aliphatic rings. The number of thiophene rings is 1. The van der Waals surface area contributed by atoms with Crippen LogP contribution in [-0.4, -0.2) is 23.1 Å². The number of amides is 1. The molecule has 5 nitrogen and oxygen atoms in total. The Labute approximate surface area is 168 Å². The molecule has 4 rings (SSSR count). The fraction of sp³-hybridized carbons (Fsp3) is 0.273. The lowest BCUT2D eigenvalue weighted by Gasteiger charge is -2.12. The van der Waals surface area contributed by atoms with Crippen LogP contribution in [-0.2, 0) is 17.6 Å². The molecule has 0 atom stereocenters. The van der Waals surface area contributed by atoms with Crippen molar-refractivity contribution < 1.29 is 14.3 Å². The van der Waals surface area contributed by atoms with Gasteiger partial charge in [-0.3, -0.25) is 4.79 Å². The van der Waals surface area contributed by atoms with Gasteiger partial charge >= 0.3 is 5.97 Å². The van der Waals surface area contributed by atoms with Gasteiger partial charge in [-0.15, -0.1) is 11.3 Å². The van der Waals surface area contributed by atoms with E-state index in [1.54, 1.807) is 19.1 Å². The Bertz CT molecular complexity index is 988. The lowest BCUT2D eigenvalue weighted by atomic mass is 9.95. The van der Waals surface area contributed by atoms with E-state index in [-0.39, 0.29) is 11.9 Å². The number of hydrogen-bond acceptors (Lipinski definition) is 4. The molecule has 0 radical (unpaired) electrons. The van der Waals surface area contributed by atoms with Gasteiger partial charge in [0.05, 0.1) is 12.2 Å². The lowest BCUT2D eigenvalue weighted by molar-refractivity contribution is 0.0526. The Morgan fingerprint density at radius 2 is 1.82 bits per heavy atom. The lowest BCUT2D eigenvalue weighted by Crippen LogP contribution is -2.15. The highest BCUT2D eigenvalue weighted by Crippen LogP contribution is 2.38. The quantitative estimate of drug-likeness (QED) is 0.630. The van der Waals surface area contributed by atoms with Crippen LogP contribution in [0, 0.1) is 0 Å².